The van der Waals surface area contributed by atoms with Crippen LogP contribution in [0.3, 0.4) is 0 Å². The van der Waals surface area contributed by atoms with Crippen LogP contribution in [0.5, 0.6) is 0 Å². The van der Waals surface area contributed by atoms with E-state index < -0.39 is 0 Å². The molecule has 1 rings (SSSR count). The molecule has 1 heterocycles. The second-order valence-corrected chi connectivity index (χ2v) is 5.38. The highest BCUT2D eigenvalue weighted by Gasteiger charge is 2.20. The lowest BCUT2D eigenvalue weighted by Gasteiger charge is -2.20. The van der Waals surface area contributed by atoms with E-state index in [9.17, 15) is 0 Å². The summed E-state index contributed by atoms with van der Waals surface area (Å²) in [6, 6.07) is 2.84. The molecule has 0 radical (unpaired) electrons. The first-order valence-electron chi connectivity index (χ1n) is 6.28. The second-order valence-electron chi connectivity index (χ2n) is 5.38. The van der Waals surface area contributed by atoms with Gasteiger partial charge in [-0.3, -0.25) is 0 Å². The van der Waals surface area contributed by atoms with Crippen molar-refractivity contribution in [3.05, 3.63) is 23.0 Å². The summed E-state index contributed by atoms with van der Waals surface area (Å²) in [5, 5.41) is 0. The van der Waals surface area contributed by atoms with Crippen molar-refractivity contribution in [1.29, 1.82) is 0 Å². The average molecular weight is 222 g/mol. The smallest absolute Gasteiger partial charge is 0.0279 e. The summed E-state index contributed by atoms with van der Waals surface area (Å²) in [5.74, 6) is 1.09. The fourth-order valence-electron chi connectivity index (χ4n) is 2.73. The Kier molecular flexibility index (Phi) is 4.20. The van der Waals surface area contributed by atoms with Gasteiger partial charge in [0.2, 0.25) is 0 Å². The first-order valence-corrected chi connectivity index (χ1v) is 6.28. The highest BCUT2D eigenvalue weighted by Crippen LogP contribution is 2.30. The van der Waals surface area contributed by atoms with Gasteiger partial charge in [-0.25, -0.2) is 0 Å². The molecule has 0 aliphatic heterocycles. The van der Waals surface area contributed by atoms with Gasteiger partial charge in [0.05, 0.1) is 0 Å². The largest absolute Gasteiger partial charge is 0.346 e. The summed E-state index contributed by atoms with van der Waals surface area (Å²) in [6.07, 6.45) is 0. The number of rotatable bonds is 4. The Balaban J connectivity index is 3.20. The van der Waals surface area contributed by atoms with Crippen molar-refractivity contribution >= 4 is 0 Å². The zero-order chi connectivity index (χ0) is 12.5. The third-order valence-electron chi connectivity index (χ3n) is 3.50. The molecular formula is C14H26N2. The monoisotopic (exact) mass is 222 g/mol. The molecule has 2 N–H and O–H groups in total. The Morgan fingerprint density at radius 3 is 2.06 bits per heavy atom. The summed E-state index contributed by atoms with van der Waals surface area (Å²) in [5.41, 5.74) is 10.1. The van der Waals surface area contributed by atoms with Crippen LogP contribution in [-0.2, 0) is 0 Å². The number of aryl methyl sites for hydroxylation is 1. The quantitative estimate of drug-likeness (QED) is 0.832. The highest BCUT2D eigenvalue weighted by molar-refractivity contribution is 5.31. The minimum atomic E-state index is 0.485. The lowest BCUT2D eigenvalue weighted by molar-refractivity contribution is 0.498. The van der Waals surface area contributed by atoms with Gasteiger partial charge < -0.3 is 10.3 Å². The van der Waals surface area contributed by atoms with Crippen LogP contribution in [-0.4, -0.2) is 11.1 Å². The third-order valence-corrected chi connectivity index (χ3v) is 3.50. The molecule has 0 bridgehead atoms. The van der Waals surface area contributed by atoms with Crippen molar-refractivity contribution in [1.82, 2.24) is 4.57 Å². The maximum atomic E-state index is 5.90. The minimum Gasteiger partial charge on any atom is -0.346 e. The first kappa shape index (κ1) is 13.3. The van der Waals surface area contributed by atoms with E-state index in [0.717, 1.165) is 6.54 Å². The molecule has 2 heteroatoms. The standard InChI is InChI=1S/C14H26N2/c1-9(2)14(8-15)13-7-11(5)16(10(3)4)12(13)6/h7,9-10,14H,8,15H2,1-6H3. The van der Waals surface area contributed by atoms with Gasteiger partial charge in [0, 0.05) is 23.3 Å². The SMILES string of the molecule is Cc1cc(C(CN)C(C)C)c(C)n1C(C)C. The van der Waals surface area contributed by atoms with Gasteiger partial charge in [0.1, 0.15) is 0 Å². The van der Waals surface area contributed by atoms with Crippen LogP contribution in [0, 0.1) is 19.8 Å². The molecule has 0 saturated heterocycles. The number of hydrogen-bond acceptors (Lipinski definition) is 1. The molecule has 1 atom stereocenters. The predicted octanol–water partition coefficient (Wildman–Crippen LogP) is 3.38. The van der Waals surface area contributed by atoms with Gasteiger partial charge in [0.25, 0.3) is 0 Å². The molecule has 2 nitrogen and oxygen atoms in total. The molecular weight excluding hydrogens is 196 g/mol. The lowest BCUT2D eigenvalue weighted by Crippen LogP contribution is -2.18. The Bertz CT molecular complexity index is 348. The highest BCUT2D eigenvalue weighted by atomic mass is 15.0. The minimum absolute atomic E-state index is 0.485. The van der Waals surface area contributed by atoms with Crippen LogP contribution in [0.25, 0.3) is 0 Å². The Morgan fingerprint density at radius 2 is 1.75 bits per heavy atom. The normalized spacial score (nSPS) is 13.8. The van der Waals surface area contributed by atoms with Crippen molar-refractivity contribution in [2.45, 2.75) is 53.5 Å². The van der Waals surface area contributed by atoms with E-state index in [2.05, 4.69) is 52.2 Å². The molecule has 16 heavy (non-hydrogen) atoms. The van der Waals surface area contributed by atoms with Gasteiger partial charge in [-0.2, -0.15) is 0 Å². The molecule has 1 aromatic rings. The number of hydrogen-bond donors (Lipinski definition) is 1. The molecule has 1 unspecified atom stereocenters. The molecule has 92 valence electrons. The van der Waals surface area contributed by atoms with Crippen LogP contribution in [0.2, 0.25) is 0 Å². The Hall–Kier alpha value is -0.760. The van der Waals surface area contributed by atoms with Gasteiger partial charge in [0.15, 0.2) is 0 Å². The summed E-state index contributed by atoms with van der Waals surface area (Å²) >= 11 is 0. The van der Waals surface area contributed by atoms with Gasteiger partial charge in [-0.05, 0) is 51.8 Å². The van der Waals surface area contributed by atoms with Crippen LogP contribution in [0.4, 0.5) is 0 Å². The first-order chi connectivity index (χ1) is 7.40. The van der Waals surface area contributed by atoms with Crippen molar-refractivity contribution in [2.75, 3.05) is 6.54 Å². The molecule has 0 aliphatic rings. The van der Waals surface area contributed by atoms with Gasteiger partial charge in [-0.1, -0.05) is 13.8 Å². The molecule has 0 fully saturated rings. The summed E-state index contributed by atoms with van der Waals surface area (Å²) < 4.78 is 2.40. The fraction of sp³-hybridized carbons (Fsp3) is 0.714. The Labute approximate surface area is 99.8 Å². The van der Waals surface area contributed by atoms with E-state index in [1.807, 2.05) is 0 Å². The molecule has 0 saturated carbocycles. The Morgan fingerprint density at radius 1 is 1.19 bits per heavy atom. The maximum Gasteiger partial charge on any atom is 0.0279 e. The van der Waals surface area contributed by atoms with E-state index in [-0.39, 0.29) is 0 Å². The summed E-state index contributed by atoms with van der Waals surface area (Å²) in [7, 11) is 0. The molecule has 0 aliphatic carbocycles. The van der Waals surface area contributed by atoms with Gasteiger partial charge >= 0.3 is 0 Å². The number of nitrogens with zero attached hydrogens (tertiary/aromatic N) is 1. The van der Waals surface area contributed by atoms with Crippen molar-refractivity contribution in [2.24, 2.45) is 11.7 Å². The fourth-order valence-corrected chi connectivity index (χ4v) is 2.73. The van der Waals surface area contributed by atoms with Gasteiger partial charge in [-0.15, -0.1) is 0 Å². The average Bonchev–Trinajstić information content (AvgIpc) is 2.42. The molecule has 0 amide bonds. The molecule has 0 spiro atoms. The number of nitrogens with two attached hydrogens (primary N) is 1. The lowest BCUT2D eigenvalue weighted by atomic mass is 9.88. The number of aromatic nitrogens is 1. The van der Waals surface area contributed by atoms with Crippen LogP contribution in [0.1, 0.15) is 56.6 Å². The second kappa shape index (κ2) is 5.05. The zero-order valence-electron chi connectivity index (χ0n) is 11.5. The molecule has 1 aromatic heterocycles. The van der Waals surface area contributed by atoms with E-state index >= 15 is 0 Å². The van der Waals surface area contributed by atoms with E-state index in [1.54, 1.807) is 0 Å². The van der Waals surface area contributed by atoms with E-state index in [4.69, 9.17) is 5.73 Å². The van der Waals surface area contributed by atoms with Crippen LogP contribution < -0.4 is 5.73 Å². The predicted molar refractivity (Wildman–Crippen MR) is 70.9 cm³/mol. The topological polar surface area (TPSA) is 30.9 Å². The van der Waals surface area contributed by atoms with E-state index in [0.29, 0.717) is 17.9 Å². The van der Waals surface area contributed by atoms with Crippen LogP contribution in [0.15, 0.2) is 6.07 Å². The van der Waals surface area contributed by atoms with Crippen LogP contribution >= 0.6 is 0 Å². The van der Waals surface area contributed by atoms with E-state index in [1.165, 1.54) is 17.0 Å². The molecule has 0 aromatic carbocycles. The third kappa shape index (κ3) is 2.32. The summed E-state index contributed by atoms with van der Waals surface area (Å²) in [6.45, 7) is 14.1. The summed E-state index contributed by atoms with van der Waals surface area (Å²) in [4.78, 5) is 0. The maximum absolute atomic E-state index is 5.90. The van der Waals surface area contributed by atoms with Crippen molar-refractivity contribution in [3.63, 3.8) is 0 Å². The van der Waals surface area contributed by atoms with Crippen molar-refractivity contribution in [3.8, 4) is 0 Å². The zero-order valence-corrected chi connectivity index (χ0v) is 11.5. The van der Waals surface area contributed by atoms with Crippen molar-refractivity contribution < 1.29 is 0 Å².